The van der Waals surface area contributed by atoms with Crippen molar-refractivity contribution in [2.24, 2.45) is 11.8 Å². The molecule has 2 aliphatic rings. The van der Waals surface area contributed by atoms with Crippen LogP contribution >= 0.6 is 0 Å². The van der Waals surface area contributed by atoms with Crippen LogP contribution in [0.2, 0.25) is 0 Å². The number of alkyl halides is 4. The summed E-state index contributed by atoms with van der Waals surface area (Å²) in [6.45, 7) is 6.62. The Labute approximate surface area is 145 Å². The van der Waals surface area contributed by atoms with E-state index in [-0.39, 0.29) is 12.8 Å². The summed E-state index contributed by atoms with van der Waals surface area (Å²) in [5.41, 5.74) is -1.62. The van der Waals surface area contributed by atoms with Crippen LogP contribution in [0.4, 0.5) is 17.6 Å². The molecule has 2 rings (SSSR count). The zero-order valence-corrected chi connectivity index (χ0v) is 16.1. The average molecular weight is 410 g/mol. The third-order valence-corrected chi connectivity index (χ3v) is 9.17. The van der Waals surface area contributed by atoms with Gasteiger partial charge in [-0.3, -0.25) is 4.90 Å². The van der Waals surface area contributed by atoms with Crippen LogP contribution in [0.25, 0.3) is 0 Å². The van der Waals surface area contributed by atoms with Gasteiger partial charge >= 0.3 is 10.5 Å². The minimum absolute atomic E-state index is 0.201. The first-order chi connectivity index (χ1) is 10.8. The molecule has 0 saturated carbocycles. The molecular formula is C13H22F4N2O4S2. The van der Waals surface area contributed by atoms with Crippen LogP contribution < -0.4 is 4.13 Å². The predicted molar refractivity (Wildman–Crippen MR) is 83.0 cm³/mol. The Morgan fingerprint density at radius 2 is 1.16 bits per heavy atom. The van der Waals surface area contributed by atoms with Crippen LogP contribution in [0.5, 0.6) is 0 Å². The quantitative estimate of drug-likeness (QED) is 0.668. The molecule has 1 N–H and O–H groups in total. The molecule has 2 fully saturated rings. The fourth-order valence-electron chi connectivity index (χ4n) is 4.02. The van der Waals surface area contributed by atoms with Crippen LogP contribution in [-0.2, 0) is 20.0 Å². The van der Waals surface area contributed by atoms with Gasteiger partial charge in [-0.25, -0.2) is 16.8 Å². The van der Waals surface area contributed by atoms with Crippen molar-refractivity contribution < 1.29 is 34.4 Å². The molecule has 0 radical (unpaired) electrons. The van der Waals surface area contributed by atoms with Gasteiger partial charge in [-0.1, -0.05) is 4.13 Å². The summed E-state index contributed by atoms with van der Waals surface area (Å²) in [7, 11) is -9.87. The molecular weight excluding hydrogens is 388 g/mol. The molecule has 148 valence electrons. The normalized spacial score (nSPS) is 33.8. The maximum absolute atomic E-state index is 14.5. The number of likely N-dealkylation sites (tertiary alicyclic amines) is 1. The molecule has 0 amide bonds. The van der Waals surface area contributed by atoms with Crippen molar-refractivity contribution in [1.29, 1.82) is 0 Å². The Hall–Kier alpha value is -0.460. The maximum atomic E-state index is 14.5. The monoisotopic (exact) mass is 410 g/mol. The molecule has 0 spiro atoms. The maximum Gasteiger partial charge on any atom is 0.370 e. The molecule has 2 aliphatic heterocycles. The van der Waals surface area contributed by atoms with Crippen LogP contribution in [0.15, 0.2) is 0 Å². The van der Waals surface area contributed by atoms with Crippen molar-refractivity contribution in [3.05, 3.63) is 0 Å². The predicted octanol–water partition coefficient (Wildman–Crippen LogP) is 1.95. The van der Waals surface area contributed by atoms with E-state index >= 15 is 0 Å². The zero-order valence-electron chi connectivity index (χ0n) is 14.5. The molecule has 6 nitrogen and oxygen atoms in total. The Morgan fingerprint density at radius 3 is 1.48 bits per heavy atom. The average Bonchev–Trinajstić information content (AvgIpc) is 2.31. The lowest BCUT2D eigenvalue weighted by Crippen LogP contribution is -2.68. The van der Waals surface area contributed by atoms with Gasteiger partial charge in [0.05, 0.1) is 0 Å². The van der Waals surface area contributed by atoms with E-state index in [1.807, 2.05) is 4.90 Å². The summed E-state index contributed by atoms with van der Waals surface area (Å²) >= 11 is 0. The van der Waals surface area contributed by atoms with E-state index in [1.165, 1.54) is 0 Å². The molecule has 25 heavy (non-hydrogen) atoms. The van der Waals surface area contributed by atoms with E-state index in [0.29, 0.717) is 4.13 Å². The third kappa shape index (κ3) is 2.88. The molecule has 0 aromatic heterocycles. The van der Waals surface area contributed by atoms with Crippen molar-refractivity contribution in [2.75, 3.05) is 7.05 Å². The lowest BCUT2D eigenvalue weighted by atomic mass is 9.69. The number of sulfonamides is 2. The van der Waals surface area contributed by atoms with Crippen molar-refractivity contribution in [1.82, 2.24) is 9.03 Å². The van der Waals surface area contributed by atoms with Crippen molar-refractivity contribution in [3.8, 4) is 0 Å². The molecule has 0 unspecified atom stereocenters. The van der Waals surface area contributed by atoms with Crippen LogP contribution in [0.1, 0.15) is 40.5 Å². The summed E-state index contributed by atoms with van der Waals surface area (Å²) in [6, 6.07) is 0. The molecule has 2 heterocycles. The first-order valence-corrected chi connectivity index (χ1v) is 10.5. The summed E-state index contributed by atoms with van der Waals surface area (Å²) in [5.74, 6) is -4.68. The first kappa shape index (κ1) is 20.8. The largest absolute Gasteiger partial charge is 0.370 e. The van der Waals surface area contributed by atoms with E-state index in [2.05, 4.69) is 0 Å². The minimum Gasteiger partial charge on any atom is -0.296 e. The van der Waals surface area contributed by atoms with E-state index in [1.54, 1.807) is 34.7 Å². The fourth-order valence-corrected chi connectivity index (χ4v) is 7.49. The summed E-state index contributed by atoms with van der Waals surface area (Å²) < 4.78 is 105. The number of halogens is 4. The second kappa shape index (κ2) is 5.29. The summed E-state index contributed by atoms with van der Waals surface area (Å²) in [4.78, 5) is 1.83. The van der Waals surface area contributed by atoms with Crippen molar-refractivity contribution in [2.45, 2.75) is 62.1 Å². The molecule has 0 bridgehead atoms. The number of hydrogen-bond acceptors (Lipinski definition) is 5. The number of nitrogens with zero attached hydrogens (tertiary/aromatic N) is 1. The van der Waals surface area contributed by atoms with Crippen LogP contribution in [0, 0.1) is 11.8 Å². The van der Waals surface area contributed by atoms with Gasteiger partial charge in [-0.15, -0.1) is 0 Å². The first-order valence-electron chi connectivity index (χ1n) is 7.57. The number of nitrogens with one attached hydrogen (secondary N) is 1. The zero-order chi connectivity index (χ0) is 19.9. The van der Waals surface area contributed by atoms with Gasteiger partial charge in [0.2, 0.25) is 0 Å². The highest BCUT2D eigenvalue weighted by Gasteiger charge is 2.75. The summed E-state index contributed by atoms with van der Waals surface area (Å²) in [6.07, 6.45) is -0.401. The van der Waals surface area contributed by atoms with Gasteiger partial charge in [-0.2, -0.15) is 17.6 Å². The Bertz CT molecular complexity index is 716. The van der Waals surface area contributed by atoms with Crippen LogP contribution in [0.3, 0.4) is 0 Å². The lowest BCUT2D eigenvalue weighted by molar-refractivity contribution is -0.146. The van der Waals surface area contributed by atoms with Gasteiger partial charge in [0.1, 0.15) is 5.92 Å². The van der Waals surface area contributed by atoms with E-state index in [9.17, 15) is 34.4 Å². The van der Waals surface area contributed by atoms with Gasteiger partial charge in [0.25, 0.3) is 20.0 Å². The van der Waals surface area contributed by atoms with Crippen molar-refractivity contribution >= 4 is 20.0 Å². The molecule has 2 saturated heterocycles. The minimum atomic E-state index is -5.79. The number of piperidine rings is 1. The van der Waals surface area contributed by atoms with Crippen molar-refractivity contribution in [3.63, 3.8) is 0 Å². The highest BCUT2D eigenvalue weighted by Crippen LogP contribution is 2.56. The Kier molecular flexibility index (Phi) is 4.41. The summed E-state index contributed by atoms with van der Waals surface area (Å²) in [5, 5.41) is -9.84. The lowest BCUT2D eigenvalue weighted by Gasteiger charge is -2.56. The Morgan fingerprint density at radius 1 is 0.840 bits per heavy atom. The van der Waals surface area contributed by atoms with Crippen LogP contribution in [-0.4, -0.2) is 50.4 Å². The highest BCUT2D eigenvalue weighted by molar-refractivity contribution is 8.06. The number of hydrogen-bond donors (Lipinski definition) is 1. The smallest absolute Gasteiger partial charge is 0.296 e. The topological polar surface area (TPSA) is 83.6 Å². The van der Waals surface area contributed by atoms with Gasteiger partial charge in [0.15, 0.2) is 0 Å². The molecule has 0 aromatic carbocycles. The SMILES string of the molecule is CN1C(C)(C)CC(C2C(F)(F)S(=O)(=O)NS(=O)(=O)C2(F)F)CC1(C)C. The standard InChI is InChI=1S/C13H22F4N2O4S2/c1-10(2)6-8(7-11(3,4)19(10)5)9-12(14,15)24(20,21)18-25(22,23)13(9,16)17/h8-9,18H,6-7H2,1-5H3. The van der Waals surface area contributed by atoms with E-state index in [4.69, 9.17) is 0 Å². The van der Waals surface area contributed by atoms with Gasteiger partial charge in [-0.05, 0) is 53.5 Å². The van der Waals surface area contributed by atoms with Gasteiger partial charge in [0, 0.05) is 11.1 Å². The molecule has 12 heteroatoms. The molecule has 0 aliphatic carbocycles. The highest BCUT2D eigenvalue weighted by atomic mass is 32.3. The fraction of sp³-hybridized carbons (Fsp3) is 1.00. The number of rotatable bonds is 1. The van der Waals surface area contributed by atoms with E-state index in [0.717, 1.165) is 0 Å². The third-order valence-electron chi connectivity index (χ3n) is 5.47. The van der Waals surface area contributed by atoms with E-state index < -0.39 is 53.5 Å². The molecule has 0 atom stereocenters. The van der Waals surface area contributed by atoms with Gasteiger partial charge < -0.3 is 0 Å². The molecule has 0 aromatic rings. The second-order valence-corrected chi connectivity index (χ2v) is 11.8. The second-order valence-electron chi connectivity index (χ2n) is 8.04. The Balaban J connectivity index is 2.65.